The van der Waals surface area contributed by atoms with Crippen LogP contribution in [0.25, 0.3) is 0 Å². The van der Waals surface area contributed by atoms with E-state index in [4.69, 9.17) is 0 Å². The Kier molecular flexibility index (Phi) is 3.77. The normalized spacial score (nSPS) is 14.0. The molecule has 0 saturated carbocycles. The molecule has 0 aliphatic heterocycles. The van der Waals surface area contributed by atoms with Crippen LogP contribution in [0.2, 0.25) is 0 Å². The maximum Gasteiger partial charge on any atom is 0.197 e. The third-order valence-electron chi connectivity index (χ3n) is 4.01. The summed E-state index contributed by atoms with van der Waals surface area (Å²) in [5, 5.41) is 5.89. The van der Waals surface area contributed by atoms with E-state index >= 15 is 0 Å². The summed E-state index contributed by atoms with van der Waals surface area (Å²) in [5.41, 5.74) is 2.39. The number of rotatable bonds is 3. The number of carbonyl (C=O) groups is 2. The van der Waals surface area contributed by atoms with Gasteiger partial charge in [0.25, 0.3) is 0 Å². The van der Waals surface area contributed by atoms with Crippen molar-refractivity contribution >= 4 is 33.7 Å². The number of nitrogens with one attached hydrogen (secondary N) is 2. The molecule has 0 aromatic heterocycles. The minimum atomic E-state index is -1.37. The fraction of sp³-hybridized carbons (Fsp3) is 0.176. The smallest absolute Gasteiger partial charge is 0.197 e. The first kappa shape index (κ1) is 15.4. The molecule has 6 heteroatoms. The molecule has 0 fully saturated rings. The molecule has 118 valence electrons. The van der Waals surface area contributed by atoms with E-state index in [-0.39, 0.29) is 17.1 Å². The van der Waals surface area contributed by atoms with E-state index in [1.165, 1.54) is 6.26 Å². The van der Waals surface area contributed by atoms with Crippen molar-refractivity contribution in [2.24, 2.45) is 0 Å². The zero-order chi connectivity index (χ0) is 16.7. The van der Waals surface area contributed by atoms with Gasteiger partial charge < -0.3 is 10.6 Å². The molecule has 23 heavy (non-hydrogen) atoms. The van der Waals surface area contributed by atoms with Gasteiger partial charge in [0.1, 0.15) is 0 Å². The summed E-state index contributed by atoms with van der Waals surface area (Å²) in [7, 11) is 2.02. The van der Waals surface area contributed by atoms with Crippen molar-refractivity contribution in [3.63, 3.8) is 0 Å². The van der Waals surface area contributed by atoms with E-state index in [0.717, 1.165) is 0 Å². The van der Waals surface area contributed by atoms with Crippen molar-refractivity contribution in [1.82, 2.24) is 0 Å². The van der Waals surface area contributed by atoms with Crippen LogP contribution in [0, 0.1) is 0 Å². The molecule has 0 heterocycles. The molecule has 2 aromatic rings. The molecule has 2 N–H and O–H groups in total. The Balaban J connectivity index is 2.41. The number of fused-ring (bicyclic) bond motifs is 2. The Hall–Kier alpha value is -2.47. The molecule has 0 radical (unpaired) electrons. The molecule has 0 bridgehead atoms. The summed E-state index contributed by atoms with van der Waals surface area (Å²) in [6.45, 7) is 0. The maximum atomic E-state index is 13.1. The highest BCUT2D eigenvalue weighted by molar-refractivity contribution is 7.84. The first-order chi connectivity index (χ1) is 11.0. The Bertz CT molecular complexity index is 874. The van der Waals surface area contributed by atoms with Crippen LogP contribution >= 0.6 is 0 Å². The Labute approximate surface area is 136 Å². The van der Waals surface area contributed by atoms with Crippen molar-refractivity contribution < 1.29 is 13.8 Å². The lowest BCUT2D eigenvalue weighted by Gasteiger charge is -2.23. The Morgan fingerprint density at radius 1 is 0.826 bits per heavy atom. The molecule has 1 atom stereocenters. The number of hydrogen-bond acceptors (Lipinski definition) is 5. The molecule has 1 aliphatic rings. The van der Waals surface area contributed by atoms with Crippen molar-refractivity contribution in [2.75, 3.05) is 31.0 Å². The van der Waals surface area contributed by atoms with Crippen molar-refractivity contribution in [2.45, 2.75) is 4.90 Å². The fourth-order valence-corrected chi connectivity index (χ4v) is 3.69. The monoisotopic (exact) mass is 328 g/mol. The molecule has 0 spiro atoms. The van der Waals surface area contributed by atoms with Gasteiger partial charge in [0.2, 0.25) is 0 Å². The number of carbonyl (C=O) groups excluding carboxylic acids is 2. The third kappa shape index (κ3) is 2.17. The van der Waals surface area contributed by atoms with E-state index in [2.05, 4.69) is 10.6 Å². The Morgan fingerprint density at radius 3 is 2.09 bits per heavy atom. The van der Waals surface area contributed by atoms with E-state index in [0.29, 0.717) is 33.0 Å². The van der Waals surface area contributed by atoms with Gasteiger partial charge in [-0.25, -0.2) is 0 Å². The first-order valence-electron chi connectivity index (χ1n) is 7.09. The highest BCUT2D eigenvalue weighted by atomic mass is 32.2. The van der Waals surface area contributed by atoms with E-state index in [1.54, 1.807) is 44.4 Å². The molecule has 0 saturated heterocycles. The second kappa shape index (κ2) is 5.62. The van der Waals surface area contributed by atoms with E-state index in [9.17, 15) is 13.8 Å². The average Bonchev–Trinajstić information content (AvgIpc) is 2.57. The van der Waals surface area contributed by atoms with Gasteiger partial charge >= 0.3 is 0 Å². The summed E-state index contributed by atoms with van der Waals surface area (Å²) in [6, 6.07) is 8.46. The fourth-order valence-electron chi connectivity index (χ4n) is 2.95. The topological polar surface area (TPSA) is 75.3 Å². The predicted octanol–water partition coefficient (Wildman–Crippen LogP) is 2.28. The zero-order valence-electron chi connectivity index (χ0n) is 13.0. The number of benzene rings is 2. The maximum absolute atomic E-state index is 13.1. The SMILES string of the molecule is CNc1cccc2c1C(=O)c1c(S(C)=O)ccc(NC)c1C2=O. The van der Waals surface area contributed by atoms with Crippen LogP contribution in [0.3, 0.4) is 0 Å². The molecular weight excluding hydrogens is 312 g/mol. The largest absolute Gasteiger partial charge is 0.388 e. The second-order valence-electron chi connectivity index (χ2n) is 5.20. The highest BCUT2D eigenvalue weighted by Gasteiger charge is 2.35. The molecule has 0 amide bonds. The van der Waals surface area contributed by atoms with Crippen LogP contribution in [0.5, 0.6) is 0 Å². The quantitative estimate of drug-likeness (QED) is 0.771. The lowest BCUT2D eigenvalue weighted by atomic mass is 9.82. The number of hydrogen-bond donors (Lipinski definition) is 2. The lowest BCUT2D eigenvalue weighted by Crippen LogP contribution is -2.25. The van der Waals surface area contributed by atoms with Gasteiger partial charge in [-0.3, -0.25) is 13.8 Å². The summed E-state index contributed by atoms with van der Waals surface area (Å²) < 4.78 is 12.0. The van der Waals surface area contributed by atoms with Crippen LogP contribution in [0.15, 0.2) is 35.2 Å². The van der Waals surface area contributed by atoms with Gasteiger partial charge in [-0.05, 0) is 18.2 Å². The third-order valence-corrected chi connectivity index (χ3v) is 4.97. The van der Waals surface area contributed by atoms with Crippen LogP contribution in [-0.2, 0) is 10.8 Å². The van der Waals surface area contributed by atoms with E-state index < -0.39 is 10.8 Å². The standard InChI is InChI=1S/C17H16N2O3S/c1-18-10-6-4-5-9-13(10)17(21)15-12(23(3)22)8-7-11(19-2)14(15)16(9)20/h4-8,18-19H,1-3H3. The second-order valence-corrected chi connectivity index (χ2v) is 6.55. The minimum absolute atomic E-state index is 0.233. The summed E-state index contributed by atoms with van der Waals surface area (Å²) >= 11 is 0. The highest BCUT2D eigenvalue weighted by Crippen LogP contribution is 2.37. The van der Waals surface area contributed by atoms with Gasteiger partial charge in [0, 0.05) is 37.3 Å². The predicted molar refractivity (Wildman–Crippen MR) is 91.2 cm³/mol. The lowest BCUT2D eigenvalue weighted by molar-refractivity contribution is 0.0978. The van der Waals surface area contributed by atoms with Gasteiger partial charge in [0.15, 0.2) is 11.6 Å². The molecular formula is C17H16N2O3S. The van der Waals surface area contributed by atoms with Crippen molar-refractivity contribution in [3.05, 3.63) is 52.6 Å². The van der Waals surface area contributed by atoms with Gasteiger partial charge in [-0.1, -0.05) is 12.1 Å². The summed E-state index contributed by atoms with van der Waals surface area (Å²) in [5.74, 6) is -0.509. The first-order valence-corrected chi connectivity index (χ1v) is 8.65. The Morgan fingerprint density at radius 2 is 1.48 bits per heavy atom. The molecule has 1 unspecified atom stereocenters. The van der Waals surface area contributed by atoms with Crippen molar-refractivity contribution in [1.29, 1.82) is 0 Å². The zero-order valence-corrected chi connectivity index (χ0v) is 13.8. The summed E-state index contributed by atoms with van der Waals surface area (Å²) in [6.07, 6.45) is 1.51. The van der Waals surface area contributed by atoms with Gasteiger partial charge in [-0.15, -0.1) is 0 Å². The van der Waals surface area contributed by atoms with E-state index in [1.807, 2.05) is 0 Å². The minimum Gasteiger partial charge on any atom is -0.388 e. The molecule has 1 aliphatic carbocycles. The number of anilines is 2. The molecule has 2 aromatic carbocycles. The number of ketones is 2. The van der Waals surface area contributed by atoms with Gasteiger partial charge in [-0.2, -0.15) is 0 Å². The van der Waals surface area contributed by atoms with Crippen LogP contribution in [0.4, 0.5) is 11.4 Å². The van der Waals surface area contributed by atoms with Gasteiger partial charge in [0.05, 0.1) is 32.4 Å². The van der Waals surface area contributed by atoms with Crippen LogP contribution < -0.4 is 10.6 Å². The molecule has 5 nitrogen and oxygen atoms in total. The van der Waals surface area contributed by atoms with Crippen LogP contribution in [-0.4, -0.2) is 36.1 Å². The van der Waals surface area contributed by atoms with Crippen molar-refractivity contribution in [3.8, 4) is 0 Å². The van der Waals surface area contributed by atoms with Crippen LogP contribution in [0.1, 0.15) is 31.8 Å². The summed E-state index contributed by atoms with van der Waals surface area (Å²) in [4.78, 5) is 26.4. The molecule has 3 rings (SSSR count). The average molecular weight is 328 g/mol.